The lowest BCUT2D eigenvalue weighted by Gasteiger charge is -2.26. The van der Waals surface area contributed by atoms with Gasteiger partial charge in [0.15, 0.2) is 0 Å². The van der Waals surface area contributed by atoms with Gasteiger partial charge in [0, 0.05) is 18.0 Å². The Labute approximate surface area is 126 Å². The van der Waals surface area contributed by atoms with Crippen LogP contribution in [0.4, 0.5) is 0 Å². The van der Waals surface area contributed by atoms with Gasteiger partial charge in [-0.05, 0) is 43.9 Å². The highest BCUT2D eigenvalue weighted by atomic mass is 32.2. The second-order valence-corrected chi connectivity index (χ2v) is 8.90. The monoisotopic (exact) mass is 316 g/mol. The maximum absolute atomic E-state index is 12.3. The summed E-state index contributed by atoms with van der Waals surface area (Å²) in [5, 5.41) is 3.03. The molecule has 2 N–H and O–H groups in total. The molecule has 1 aromatic heterocycles. The van der Waals surface area contributed by atoms with Crippen molar-refractivity contribution in [2.24, 2.45) is 11.8 Å². The van der Waals surface area contributed by atoms with Crippen LogP contribution in [0.2, 0.25) is 0 Å². The van der Waals surface area contributed by atoms with Crippen molar-refractivity contribution in [3.63, 3.8) is 0 Å². The number of rotatable bonds is 6. The van der Waals surface area contributed by atoms with Crippen molar-refractivity contribution in [3.05, 3.63) is 17.0 Å². The molecule has 1 saturated carbocycles. The Hall–Kier alpha value is -0.430. The molecule has 0 radical (unpaired) electrons. The zero-order chi connectivity index (χ0) is 14.6. The molecule has 1 fully saturated rings. The summed E-state index contributed by atoms with van der Waals surface area (Å²) in [5.41, 5.74) is 0. The van der Waals surface area contributed by atoms with E-state index in [9.17, 15) is 8.42 Å². The van der Waals surface area contributed by atoms with Crippen LogP contribution in [0.3, 0.4) is 0 Å². The standard InChI is InChI=1S/C14H24N2O2S2/c1-11-4-3-5-12(8-11)9-16-20(17,18)14-7-6-13(19-14)10-15-2/h6-7,11-12,15-16H,3-5,8-10H2,1-2H3. The summed E-state index contributed by atoms with van der Waals surface area (Å²) in [6, 6.07) is 3.57. The zero-order valence-corrected chi connectivity index (χ0v) is 13.8. The van der Waals surface area contributed by atoms with Crippen LogP contribution in [-0.2, 0) is 16.6 Å². The Morgan fingerprint density at radius 3 is 2.85 bits per heavy atom. The SMILES string of the molecule is CNCc1ccc(S(=O)(=O)NCC2CCCC(C)C2)s1. The quantitative estimate of drug-likeness (QED) is 0.848. The molecule has 1 heterocycles. The molecule has 0 saturated heterocycles. The van der Waals surface area contributed by atoms with E-state index in [0.29, 0.717) is 23.2 Å². The van der Waals surface area contributed by atoms with Gasteiger partial charge in [-0.1, -0.05) is 19.8 Å². The molecule has 0 amide bonds. The van der Waals surface area contributed by atoms with Crippen molar-refractivity contribution in [1.29, 1.82) is 0 Å². The molecule has 114 valence electrons. The number of thiophene rings is 1. The van der Waals surface area contributed by atoms with Crippen LogP contribution in [-0.4, -0.2) is 22.0 Å². The lowest BCUT2D eigenvalue weighted by molar-refractivity contribution is 0.283. The summed E-state index contributed by atoms with van der Waals surface area (Å²) in [6.45, 7) is 3.54. The molecule has 6 heteroatoms. The second kappa shape index (κ2) is 7.02. The first-order chi connectivity index (χ1) is 9.51. The van der Waals surface area contributed by atoms with Crippen LogP contribution in [0, 0.1) is 11.8 Å². The highest BCUT2D eigenvalue weighted by Gasteiger charge is 2.22. The van der Waals surface area contributed by atoms with E-state index < -0.39 is 10.0 Å². The van der Waals surface area contributed by atoms with Gasteiger partial charge in [-0.3, -0.25) is 0 Å². The fourth-order valence-corrected chi connectivity index (χ4v) is 5.34. The van der Waals surface area contributed by atoms with E-state index in [1.807, 2.05) is 13.1 Å². The Kier molecular flexibility index (Phi) is 5.60. The van der Waals surface area contributed by atoms with Crippen LogP contribution < -0.4 is 10.0 Å². The average molecular weight is 316 g/mol. The van der Waals surface area contributed by atoms with Crippen LogP contribution >= 0.6 is 11.3 Å². The molecule has 1 aliphatic rings. The minimum Gasteiger partial charge on any atom is -0.315 e. The molecule has 0 bridgehead atoms. The third kappa shape index (κ3) is 4.28. The molecule has 0 spiro atoms. The summed E-state index contributed by atoms with van der Waals surface area (Å²) in [4.78, 5) is 1.04. The molecular weight excluding hydrogens is 292 g/mol. The van der Waals surface area contributed by atoms with Gasteiger partial charge in [0.2, 0.25) is 10.0 Å². The van der Waals surface area contributed by atoms with E-state index in [0.717, 1.165) is 23.6 Å². The molecule has 1 aromatic rings. The van der Waals surface area contributed by atoms with E-state index in [2.05, 4.69) is 17.0 Å². The molecule has 1 aliphatic carbocycles. The minimum atomic E-state index is -3.33. The average Bonchev–Trinajstić information content (AvgIpc) is 2.87. The predicted octanol–water partition coefficient (Wildman–Crippen LogP) is 2.57. The third-order valence-corrected chi connectivity index (χ3v) is 6.86. The van der Waals surface area contributed by atoms with Crippen LogP contribution in [0.25, 0.3) is 0 Å². The van der Waals surface area contributed by atoms with Gasteiger partial charge in [-0.2, -0.15) is 0 Å². The van der Waals surface area contributed by atoms with Crippen molar-refractivity contribution < 1.29 is 8.42 Å². The first-order valence-corrected chi connectivity index (χ1v) is 9.54. The summed E-state index contributed by atoms with van der Waals surface area (Å²) in [5.74, 6) is 1.22. The van der Waals surface area contributed by atoms with Crippen molar-refractivity contribution in [2.75, 3.05) is 13.6 Å². The molecule has 0 aromatic carbocycles. The second-order valence-electron chi connectivity index (χ2n) is 5.74. The summed E-state index contributed by atoms with van der Waals surface area (Å²) < 4.78 is 27.7. The Morgan fingerprint density at radius 1 is 1.35 bits per heavy atom. The highest BCUT2D eigenvalue weighted by molar-refractivity contribution is 7.91. The predicted molar refractivity (Wildman–Crippen MR) is 83.4 cm³/mol. The first kappa shape index (κ1) is 15.9. The van der Waals surface area contributed by atoms with Crippen LogP contribution in [0.5, 0.6) is 0 Å². The number of nitrogens with one attached hydrogen (secondary N) is 2. The Balaban J connectivity index is 1.92. The third-order valence-electron chi connectivity index (χ3n) is 3.86. The van der Waals surface area contributed by atoms with E-state index in [4.69, 9.17) is 0 Å². The van der Waals surface area contributed by atoms with E-state index in [1.165, 1.54) is 24.2 Å². The lowest BCUT2D eigenvalue weighted by Crippen LogP contribution is -2.31. The molecule has 2 atom stereocenters. The molecule has 0 aliphatic heterocycles. The fourth-order valence-electron chi connectivity index (χ4n) is 2.82. The molecule has 2 unspecified atom stereocenters. The Morgan fingerprint density at radius 2 is 2.15 bits per heavy atom. The van der Waals surface area contributed by atoms with Gasteiger partial charge in [0.05, 0.1) is 0 Å². The lowest BCUT2D eigenvalue weighted by atomic mass is 9.83. The van der Waals surface area contributed by atoms with Crippen molar-refractivity contribution in [2.45, 2.75) is 43.4 Å². The summed E-state index contributed by atoms with van der Waals surface area (Å²) in [6.07, 6.45) is 4.78. The van der Waals surface area contributed by atoms with Crippen molar-refractivity contribution >= 4 is 21.4 Å². The topological polar surface area (TPSA) is 58.2 Å². The first-order valence-electron chi connectivity index (χ1n) is 7.24. The number of hydrogen-bond donors (Lipinski definition) is 2. The smallest absolute Gasteiger partial charge is 0.250 e. The normalized spacial score (nSPS) is 23.9. The van der Waals surface area contributed by atoms with Crippen molar-refractivity contribution in [1.82, 2.24) is 10.0 Å². The maximum Gasteiger partial charge on any atom is 0.250 e. The van der Waals surface area contributed by atoms with Gasteiger partial charge in [0.25, 0.3) is 0 Å². The van der Waals surface area contributed by atoms with Gasteiger partial charge in [-0.15, -0.1) is 11.3 Å². The zero-order valence-electron chi connectivity index (χ0n) is 12.2. The van der Waals surface area contributed by atoms with E-state index >= 15 is 0 Å². The van der Waals surface area contributed by atoms with E-state index in [-0.39, 0.29) is 0 Å². The van der Waals surface area contributed by atoms with Crippen molar-refractivity contribution in [3.8, 4) is 0 Å². The fraction of sp³-hybridized carbons (Fsp3) is 0.714. The molecule has 20 heavy (non-hydrogen) atoms. The molecule has 4 nitrogen and oxygen atoms in total. The van der Waals surface area contributed by atoms with Crippen LogP contribution in [0.1, 0.15) is 37.5 Å². The highest BCUT2D eigenvalue weighted by Crippen LogP contribution is 2.28. The number of hydrogen-bond acceptors (Lipinski definition) is 4. The molecule has 2 rings (SSSR count). The largest absolute Gasteiger partial charge is 0.315 e. The molecular formula is C14H24N2O2S2. The van der Waals surface area contributed by atoms with Gasteiger partial charge < -0.3 is 5.32 Å². The maximum atomic E-state index is 12.3. The van der Waals surface area contributed by atoms with Gasteiger partial charge >= 0.3 is 0 Å². The van der Waals surface area contributed by atoms with Crippen LogP contribution in [0.15, 0.2) is 16.3 Å². The minimum absolute atomic E-state index is 0.423. The van der Waals surface area contributed by atoms with E-state index in [1.54, 1.807) is 6.07 Å². The van der Waals surface area contributed by atoms with Gasteiger partial charge in [-0.25, -0.2) is 13.1 Å². The summed E-state index contributed by atoms with van der Waals surface area (Å²) >= 11 is 1.34. The number of sulfonamides is 1. The Bertz CT molecular complexity index is 525. The summed E-state index contributed by atoms with van der Waals surface area (Å²) in [7, 11) is -1.48. The van der Waals surface area contributed by atoms with Gasteiger partial charge in [0.1, 0.15) is 4.21 Å².